The molecule has 2 N–H and O–H groups in total. The van der Waals surface area contributed by atoms with Crippen LogP contribution in [0.15, 0.2) is 0 Å². The molecule has 0 bridgehead atoms. The predicted octanol–water partition coefficient (Wildman–Crippen LogP) is 0.668. The molecule has 0 aromatic carbocycles. The third-order valence-electron chi connectivity index (χ3n) is 2.71. The maximum Gasteiger partial charge on any atom is 0.326 e. The molecular weight excluding hydrogens is 224 g/mol. The summed E-state index contributed by atoms with van der Waals surface area (Å²) in [5.41, 5.74) is 0. The lowest BCUT2D eigenvalue weighted by atomic mass is 10.2. The molecule has 1 unspecified atom stereocenters. The SMILES string of the molecule is CCC(NC(=O)N1C[C@@H](C)O[C@@H](C)C1)C(=O)O. The molecule has 0 aliphatic carbocycles. The van der Waals surface area contributed by atoms with Crippen molar-refractivity contribution in [2.75, 3.05) is 13.1 Å². The quantitative estimate of drug-likeness (QED) is 0.764. The third-order valence-corrected chi connectivity index (χ3v) is 2.71. The lowest BCUT2D eigenvalue weighted by molar-refractivity contribution is -0.139. The van der Waals surface area contributed by atoms with Gasteiger partial charge in [0.2, 0.25) is 0 Å². The molecule has 1 saturated heterocycles. The molecule has 17 heavy (non-hydrogen) atoms. The Kier molecular flexibility index (Phi) is 4.74. The van der Waals surface area contributed by atoms with Gasteiger partial charge in [0, 0.05) is 13.1 Å². The number of urea groups is 1. The summed E-state index contributed by atoms with van der Waals surface area (Å²) in [5.74, 6) is -1.00. The van der Waals surface area contributed by atoms with Crippen LogP contribution in [0.2, 0.25) is 0 Å². The number of carboxylic acid groups (broad SMARTS) is 1. The highest BCUT2D eigenvalue weighted by Gasteiger charge is 2.28. The number of amides is 2. The van der Waals surface area contributed by atoms with Crippen molar-refractivity contribution in [1.82, 2.24) is 10.2 Å². The van der Waals surface area contributed by atoms with E-state index in [9.17, 15) is 9.59 Å². The first-order valence-corrected chi connectivity index (χ1v) is 5.87. The zero-order chi connectivity index (χ0) is 13.0. The predicted molar refractivity (Wildman–Crippen MR) is 61.8 cm³/mol. The Morgan fingerprint density at radius 2 is 1.94 bits per heavy atom. The van der Waals surface area contributed by atoms with Gasteiger partial charge >= 0.3 is 12.0 Å². The lowest BCUT2D eigenvalue weighted by Gasteiger charge is -2.35. The summed E-state index contributed by atoms with van der Waals surface area (Å²) in [6, 6.07) is -1.16. The molecule has 6 nitrogen and oxygen atoms in total. The van der Waals surface area contributed by atoms with Crippen LogP contribution < -0.4 is 5.32 Å². The van der Waals surface area contributed by atoms with Gasteiger partial charge in [-0.3, -0.25) is 0 Å². The normalized spacial score (nSPS) is 26.4. The standard InChI is InChI=1S/C11H20N2O4/c1-4-9(10(14)15)12-11(16)13-5-7(2)17-8(3)6-13/h7-9H,4-6H2,1-3H3,(H,12,16)(H,14,15)/t7-,8+,9?. The molecule has 2 amide bonds. The van der Waals surface area contributed by atoms with Crippen molar-refractivity contribution in [3.05, 3.63) is 0 Å². The summed E-state index contributed by atoms with van der Waals surface area (Å²) in [6.45, 7) is 6.50. The van der Waals surface area contributed by atoms with Crippen molar-refractivity contribution >= 4 is 12.0 Å². The molecule has 1 aliphatic heterocycles. The van der Waals surface area contributed by atoms with E-state index >= 15 is 0 Å². The number of hydrogen-bond acceptors (Lipinski definition) is 3. The summed E-state index contributed by atoms with van der Waals surface area (Å²) in [6.07, 6.45) is 0.333. The van der Waals surface area contributed by atoms with Gasteiger partial charge in [-0.05, 0) is 20.3 Å². The van der Waals surface area contributed by atoms with Gasteiger partial charge in [0.1, 0.15) is 6.04 Å². The Morgan fingerprint density at radius 1 is 1.41 bits per heavy atom. The molecule has 0 saturated carbocycles. The Balaban J connectivity index is 2.54. The van der Waals surface area contributed by atoms with Crippen LogP contribution in [0.4, 0.5) is 4.79 Å². The van der Waals surface area contributed by atoms with E-state index in [0.717, 1.165) is 0 Å². The zero-order valence-corrected chi connectivity index (χ0v) is 10.5. The van der Waals surface area contributed by atoms with Gasteiger partial charge in [-0.2, -0.15) is 0 Å². The van der Waals surface area contributed by atoms with E-state index in [1.807, 2.05) is 13.8 Å². The summed E-state index contributed by atoms with van der Waals surface area (Å²) < 4.78 is 5.51. The molecule has 3 atom stereocenters. The first-order chi connectivity index (χ1) is 7.93. The number of carboxylic acids is 1. The molecule has 1 rings (SSSR count). The summed E-state index contributed by atoms with van der Waals surface area (Å²) in [4.78, 5) is 24.3. The van der Waals surface area contributed by atoms with Crippen LogP contribution in [-0.2, 0) is 9.53 Å². The fourth-order valence-electron chi connectivity index (χ4n) is 1.92. The number of nitrogens with one attached hydrogen (secondary N) is 1. The fraction of sp³-hybridized carbons (Fsp3) is 0.818. The van der Waals surface area contributed by atoms with E-state index in [0.29, 0.717) is 19.5 Å². The van der Waals surface area contributed by atoms with Crippen molar-refractivity contribution in [2.45, 2.75) is 45.4 Å². The van der Waals surface area contributed by atoms with E-state index in [1.54, 1.807) is 11.8 Å². The van der Waals surface area contributed by atoms with E-state index in [2.05, 4.69) is 5.32 Å². The largest absolute Gasteiger partial charge is 0.480 e. The van der Waals surface area contributed by atoms with Gasteiger partial charge in [-0.15, -0.1) is 0 Å². The molecule has 1 aliphatic rings. The molecule has 0 radical (unpaired) electrons. The highest BCUT2D eigenvalue weighted by atomic mass is 16.5. The van der Waals surface area contributed by atoms with E-state index < -0.39 is 12.0 Å². The van der Waals surface area contributed by atoms with Crippen molar-refractivity contribution < 1.29 is 19.4 Å². The lowest BCUT2D eigenvalue weighted by Crippen LogP contribution is -2.54. The van der Waals surface area contributed by atoms with Crippen LogP contribution in [0, 0.1) is 0 Å². The number of carbonyl (C=O) groups excluding carboxylic acids is 1. The summed E-state index contributed by atoms with van der Waals surface area (Å²) in [5, 5.41) is 11.4. The zero-order valence-electron chi connectivity index (χ0n) is 10.5. The number of rotatable bonds is 3. The van der Waals surface area contributed by atoms with Gasteiger partial charge in [0.05, 0.1) is 12.2 Å². The Hall–Kier alpha value is -1.30. The van der Waals surface area contributed by atoms with Crippen LogP contribution >= 0.6 is 0 Å². The number of nitrogens with zero attached hydrogens (tertiary/aromatic N) is 1. The van der Waals surface area contributed by atoms with Crippen LogP contribution in [0.1, 0.15) is 27.2 Å². The van der Waals surface area contributed by atoms with E-state index in [-0.39, 0.29) is 18.2 Å². The highest BCUT2D eigenvalue weighted by molar-refractivity contribution is 5.82. The number of morpholine rings is 1. The third kappa shape index (κ3) is 3.89. The topological polar surface area (TPSA) is 78.9 Å². The molecule has 6 heteroatoms. The second-order valence-electron chi connectivity index (χ2n) is 4.41. The molecule has 0 aromatic rings. The fourth-order valence-corrected chi connectivity index (χ4v) is 1.92. The maximum absolute atomic E-state index is 11.9. The van der Waals surface area contributed by atoms with Crippen LogP contribution in [0.25, 0.3) is 0 Å². The van der Waals surface area contributed by atoms with Gasteiger partial charge in [-0.1, -0.05) is 6.92 Å². The van der Waals surface area contributed by atoms with Gasteiger partial charge < -0.3 is 20.1 Å². The Bertz CT molecular complexity index is 285. The van der Waals surface area contributed by atoms with E-state index in [4.69, 9.17) is 9.84 Å². The van der Waals surface area contributed by atoms with Crippen molar-refractivity contribution in [1.29, 1.82) is 0 Å². The van der Waals surface area contributed by atoms with Gasteiger partial charge in [0.25, 0.3) is 0 Å². The van der Waals surface area contributed by atoms with Crippen LogP contribution in [0.3, 0.4) is 0 Å². The number of hydrogen-bond donors (Lipinski definition) is 2. The van der Waals surface area contributed by atoms with Gasteiger partial charge in [-0.25, -0.2) is 9.59 Å². The van der Waals surface area contributed by atoms with Crippen LogP contribution in [-0.4, -0.2) is 53.3 Å². The van der Waals surface area contributed by atoms with Gasteiger partial charge in [0.15, 0.2) is 0 Å². The molecular formula is C11H20N2O4. The molecule has 0 aromatic heterocycles. The number of carbonyl (C=O) groups is 2. The van der Waals surface area contributed by atoms with Crippen molar-refractivity contribution in [2.24, 2.45) is 0 Å². The van der Waals surface area contributed by atoms with Crippen LogP contribution in [0.5, 0.6) is 0 Å². The summed E-state index contributed by atoms with van der Waals surface area (Å²) >= 11 is 0. The Morgan fingerprint density at radius 3 is 2.35 bits per heavy atom. The molecule has 98 valence electrons. The molecule has 1 heterocycles. The Labute approximate surface area is 101 Å². The minimum atomic E-state index is -1.00. The second kappa shape index (κ2) is 5.86. The second-order valence-corrected chi connectivity index (χ2v) is 4.41. The number of ether oxygens (including phenoxy) is 1. The smallest absolute Gasteiger partial charge is 0.326 e. The maximum atomic E-state index is 11.9. The highest BCUT2D eigenvalue weighted by Crippen LogP contribution is 2.10. The van der Waals surface area contributed by atoms with Crippen molar-refractivity contribution in [3.8, 4) is 0 Å². The number of aliphatic carboxylic acids is 1. The first kappa shape index (κ1) is 13.8. The first-order valence-electron chi connectivity index (χ1n) is 5.87. The average molecular weight is 244 g/mol. The minimum Gasteiger partial charge on any atom is -0.480 e. The summed E-state index contributed by atoms with van der Waals surface area (Å²) in [7, 11) is 0. The van der Waals surface area contributed by atoms with E-state index in [1.165, 1.54) is 0 Å². The molecule has 0 spiro atoms. The monoisotopic (exact) mass is 244 g/mol. The average Bonchev–Trinajstić information content (AvgIpc) is 2.23. The van der Waals surface area contributed by atoms with Crippen molar-refractivity contribution in [3.63, 3.8) is 0 Å². The minimum absolute atomic E-state index is 0.0191. The molecule has 1 fully saturated rings.